The number of carbonyl (C=O) groups is 2. The van der Waals surface area contributed by atoms with Gasteiger partial charge >= 0.3 is 0 Å². The zero-order valence-electron chi connectivity index (χ0n) is 15.9. The van der Waals surface area contributed by atoms with E-state index in [-0.39, 0.29) is 17.9 Å². The number of nitrogens with zero attached hydrogens (tertiary/aromatic N) is 1. The molecule has 1 amide bonds. The second-order valence-corrected chi connectivity index (χ2v) is 7.50. The summed E-state index contributed by atoms with van der Waals surface area (Å²) in [5, 5.41) is 10.5. The van der Waals surface area contributed by atoms with E-state index >= 15 is 0 Å². The molecule has 1 aliphatic heterocycles. The van der Waals surface area contributed by atoms with Crippen molar-refractivity contribution in [1.82, 2.24) is 4.90 Å². The Labute approximate surface area is 158 Å². The topological polar surface area (TPSA) is 80.0 Å². The SMILES string of the molecule is COc1ccccc1CN1C(=O)C(O)=C(C(=O)C(C)(C)C)C1c1ccco1. The molecule has 1 aromatic heterocycles. The van der Waals surface area contributed by atoms with E-state index in [0.29, 0.717) is 11.5 Å². The Kier molecular flexibility index (Phi) is 4.83. The van der Waals surface area contributed by atoms with Crippen LogP contribution >= 0.6 is 0 Å². The fraction of sp³-hybridized carbons (Fsp3) is 0.333. The summed E-state index contributed by atoms with van der Waals surface area (Å²) in [5.74, 6) is -0.369. The first-order chi connectivity index (χ1) is 12.8. The van der Waals surface area contributed by atoms with E-state index < -0.39 is 23.1 Å². The molecule has 1 unspecified atom stereocenters. The smallest absolute Gasteiger partial charge is 0.290 e. The minimum absolute atomic E-state index is 0.0670. The Hall–Kier alpha value is -3.02. The number of ketones is 1. The molecule has 6 heteroatoms. The van der Waals surface area contributed by atoms with Crippen molar-refractivity contribution >= 4 is 11.7 Å². The largest absolute Gasteiger partial charge is 0.503 e. The van der Waals surface area contributed by atoms with Gasteiger partial charge in [0.05, 0.1) is 25.5 Å². The Morgan fingerprint density at radius 1 is 1.22 bits per heavy atom. The normalized spacial score (nSPS) is 17.6. The van der Waals surface area contributed by atoms with Crippen molar-refractivity contribution in [2.45, 2.75) is 33.4 Å². The van der Waals surface area contributed by atoms with Crippen LogP contribution in [0.25, 0.3) is 0 Å². The molecule has 0 spiro atoms. The van der Waals surface area contributed by atoms with Crippen LogP contribution in [0.3, 0.4) is 0 Å². The van der Waals surface area contributed by atoms with E-state index in [1.165, 1.54) is 11.2 Å². The van der Waals surface area contributed by atoms with Gasteiger partial charge in [-0.1, -0.05) is 39.0 Å². The Morgan fingerprint density at radius 3 is 2.52 bits per heavy atom. The summed E-state index contributed by atoms with van der Waals surface area (Å²) < 4.78 is 10.9. The molecule has 142 valence electrons. The van der Waals surface area contributed by atoms with Gasteiger partial charge in [0.15, 0.2) is 11.5 Å². The second-order valence-electron chi connectivity index (χ2n) is 7.50. The number of Topliss-reactive ketones (excluding diaryl/α,β-unsaturated/α-hetero) is 1. The molecule has 0 saturated heterocycles. The molecule has 1 N–H and O–H groups in total. The monoisotopic (exact) mass is 369 g/mol. The lowest BCUT2D eigenvalue weighted by Crippen LogP contribution is -2.32. The number of benzene rings is 1. The number of hydrogen-bond donors (Lipinski definition) is 1. The highest BCUT2D eigenvalue weighted by atomic mass is 16.5. The number of hydrogen-bond acceptors (Lipinski definition) is 5. The lowest BCUT2D eigenvalue weighted by molar-refractivity contribution is -0.130. The highest BCUT2D eigenvalue weighted by Crippen LogP contribution is 2.42. The van der Waals surface area contributed by atoms with Crippen LogP contribution in [0.2, 0.25) is 0 Å². The van der Waals surface area contributed by atoms with Crippen LogP contribution in [-0.2, 0) is 16.1 Å². The molecule has 1 aromatic carbocycles. The van der Waals surface area contributed by atoms with Crippen molar-refractivity contribution in [3.63, 3.8) is 0 Å². The van der Waals surface area contributed by atoms with Gasteiger partial charge in [-0.15, -0.1) is 0 Å². The first kappa shape index (κ1) is 18.8. The number of ether oxygens (including phenoxy) is 1. The van der Waals surface area contributed by atoms with Gasteiger partial charge in [0.1, 0.15) is 17.6 Å². The minimum atomic E-state index is -0.788. The summed E-state index contributed by atoms with van der Waals surface area (Å²) in [5.41, 5.74) is 0.0778. The lowest BCUT2D eigenvalue weighted by atomic mass is 9.83. The van der Waals surface area contributed by atoms with Crippen LogP contribution < -0.4 is 4.74 Å². The van der Waals surface area contributed by atoms with Crippen LogP contribution in [0.15, 0.2) is 58.4 Å². The number of furan rings is 1. The molecule has 0 fully saturated rings. The van der Waals surface area contributed by atoms with Crippen molar-refractivity contribution < 1.29 is 23.8 Å². The number of para-hydroxylation sites is 1. The highest BCUT2D eigenvalue weighted by molar-refractivity contribution is 6.10. The third-order valence-electron chi connectivity index (χ3n) is 4.58. The van der Waals surface area contributed by atoms with Crippen LogP contribution in [0.1, 0.15) is 38.1 Å². The van der Waals surface area contributed by atoms with Crippen molar-refractivity contribution in [3.05, 3.63) is 65.3 Å². The molecule has 2 aromatic rings. The summed E-state index contributed by atoms with van der Waals surface area (Å²) in [6, 6.07) is 9.91. The van der Waals surface area contributed by atoms with Gasteiger partial charge in [0.2, 0.25) is 0 Å². The molecule has 0 aliphatic carbocycles. The predicted octanol–water partition coefficient (Wildman–Crippen LogP) is 3.80. The molecule has 0 radical (unpaired) electrons. The summed E-state index contributed by atoms with van der Waals surface area (Å²) in [6.45, 7) is 5.42. The maximum absolute atomic E-state index is 13.0. The molecule has 1 atom stereocenters. The summed E-state index contributed by atoms with van der Waals surface area (Å²) >= 11 is 0. The number of aliphatic hydroxyl groups excluding tert-OH is 1. The zero-order valence-corrected chi connectivity index (χ0v) is 15.9. The van der Waals surface area contributed by atoms with Crippen LogP contribution in [0.5, 0.6) is 5.75 Å². The quantitative estimate of drug-likeness (QED) is 0.867. The number of rotatable bonds is 5. The molecule has 0 saturated carbocycles. The molecule has 1 aliphatic rings. The first-order valence-corrected chi connectivity index (χ1v) is 8.70. The van der Waals surface area contributed by atoms with Gasteiger partial charge in [-0.2, -0.15) is 0 Å². The molecule has 3 rings (SSSR count). The first-order valence-electron chi connectivity index (χ1n) is 8.70. The number of aliphatic hydroxyl groups is 1. The zero-order chi connectivity index (χ0) is 19.8. The highest BCUT2D eigenvalue weighted by Gasteiger charge is 2.47. The fourth-order valence-electron chi connectivity index (χ4n) is 3.21. The predicted molar refractivity (Wildman–Crippen MR) is 99.1 cm³/mol. The molecule has 27 heavy (non-hydrogen) atoms. The maximum Gasteiger partial charge on any atom is 0.290 e. The summed E-state index contributed by atoms with van der Waals surface area (Å²) in [4.78, 5) is 27.3. The average Bonchev–Trinajstić information content (AvgIpc) is 3.23. The summed E-state index contributed by atoms with van der Waals surface area (Å²) in [7, 11) is 1.55. The minimum Gasteiger partial charge on any atom is -0.503 e. The number of methoxy groups -OCH3 is 1. The van der Waals surface area contributed by atoms with Crippen LogP contribution in [-0.4, -0.2) is 28.8 Å². The van der Waals surface area contributed by atoms with Gasteiger partial charge in [-0.3, -0.25) is 9.59 Å². The maximum atomic E-state index is 13.0. The Morgan fingerprint density at radius 2 is 1.93 bits per heavy atom. The van der Waals surface area contributed by atoms with Gasteiger partial charge in [0, 0.05) is 11.0 Å². The molecule has 0 bridgehead atoms. The van der Waals surface area contributed by atoms with Crippen molar-refractivity contribution in [2.75, 3.05) is 7.11 Å². The molecule has 6 nitrogen and oxygen atoms in total. The summed E-state index contributed by atoms with van der Waals surface area (Å²) in [6.07, 6.45) is 1.48. The standard InChI is InChI=1S/C21H23NO5/c1-21(2,3)19(24)16-17(15-10-7-11-27-15)22(20(25)18(16)23)12-13-8-5-6-9-14(13)26-4/h5-11,17,23H,12H2,1-4H3. The van der Waals surface area contributed by atoms with Gasteiger partial charge < -0.3 is 19.2 Å². The number of amides is 1. The Balaban J connectivity index is 2.07. The van der Waals surface area contributed by atoms with Crippen LogP contribution in [0, 0.1) is 5.41 Å². The van der Waals surface area contributed by atoms with Crippen molar-refractivity contribution in [3.8, 4) is 5.75 Å². The fourth-order valence-corrected chi connectivity index (χ4v) is 3.21. The van der Waals surface area contributed by atoms with Crippen molar-refractivity contribution in [1.29, 1.82) is 0 Å². The van der Waals surface area contributed by atoms with E-state index in [1.807, 2.05) is 18.2 Å². The Bertz CT molecular complexity index is 890. The van der Waals surface area contributed by atoms with E-state index in [1.54, 1.807) is 46.1 Å². The molecular formula is C21H23NO5. The van der Waals surface area contributed by atoms with Crippen molar-refractivity contribution in [2.24, 2.45) is 5.41 Å². The average molecular weight is 369 g/mol. The van der Waals surface area contributed by atoms with E-state index in [4.69, 9.17) is 9.15 Å². The van der Waals surface area contributed by atoms with Crippen LogP contribution in [0.4, 0.5) is 0 Å². The van der Waals surface area contributed by atoms with Gasteiger partial charge in [-0.05, 0) is 18.2 Å². The van der Waals surface area contributed by atoms with E-state index in [2.05, 4.69) is 0 Å². The van der Waals surface area contributed by atoms with E-state index in [9.17, 15) is 14.7 Å². The third-order valence-corrected chi connectivity index (χ3v) is 4.58. The van der Waals surface area contributed by atoms with Gasteiger partial charge in [0.25, 0.3) is 5.91 Å². The van der Waals surface area contributed by atoms with E-state index in [0.717, 1.165) is 5.56 Å². The lowest BCUT2D eigenvalue weighted by Gasteiger charge is -2.27. The molecule has 2 heterocycles. The number of carbonyl (C=O) groups excluding carboxylic acids is 2. The third kappa shape index (κ3) is 3.35. The van der Waals surface area contributed by atoms with Gasteiger partial charge in [-0.25, -0.2) is 0 Å². The molecular weight excluding hydrogens is 346 g/mol. The second kappa shape index (κ2) is 6.95.